The lowest BCUT2D eigenvalue weighted by Crippen LogP contribution is -2.13. The number of halogens is 2. The molecule has 0 radical (unpaired) electrons. The Hall–Kier alpha value is -2.76. The first-order valence-corrected chi connectivity index (χ1v) is 9.10. The third kappa shape index (κ3) is 3.56. The zero-order valence-corrected chi connectivity index (χ0v) is 14.7. The molecule has 1 heterocycles. The van der Waals surface area contributed by atoms with Crippen molar-refractivity contribution in [1.29, 1.82) is 0 Å². The maximum absolute atomic E-state index is 13.9. The first-order valence-electron chi connectivity index (χ1n) is 9.10. The van der Waals surface area contributed by atoms with E-state index in [9.17, 15) is 8.78 Å². The van der Waals surface area contributed by atoms with Gasteiger partial charge in [0.1, 0.15) is 29.8 Å². The molecule has 2 aliphatic rings. The molecule has 0 amide bonds. The molecule has 0 saturated heterocycles. The molecule has 0 spiro atoms. The highest BCUT2D eigenvalue weighted by molar-refractivity contribution is 5.95. The van der Waals surface area contributed by atoms with Crippen molar-refractivity contribution in [1.82, 2.24) is 0 Å². The summed E-state index contributed by atoms with van der Waals surface area (Å²) in [6, 6.07) is 11.6. The van der Waals surface area contributed by atoms with Crippen LogP contribution in [0.4, 0.5) is 8.78 Å². The molecular formula is C21H20F2N2O2. The first-order chi connectivity index (χ1) is 13.2. The molecule has 140 valence electrons. The lowest BCUT2D eigenvalue weighted by atomic mass is 9.83. The van der Waals surface area contributed by atoms with Gasteiger partial charge >= 0.3 is 0 Å². The molecule has 0 bridgehead atoms. The average molecular weight is 370 g/mol. The summed E-state index contributed by atoms with van der Waals surface area (Å²) >= 11 is 0. The topological polar surface area (TPSA) is 54.2 Å². The van der Waals surface area contributed by atoms with Gasteiger partial charge in [-0.05, 0) is 54.9 Å². The van der Waals surface area contributed by atoms with Crippen molar-refractivity contribution in [2.45, 2.75) is 37.6 Å². The van der Waals surface area contributed by atoms with Gasteiger partial charge in [-0.3, -0.25) is 0 Å². The number of hydrogen-bond acceptors (Lipinski definition) is 4. The van der Waals surface area contributed by atoms with E-state index in [1.54, 1.807) is 0 Å². The molecule has 1 fully saturated rings. The summed E-state index contributed by atoms with van der Waals surface area (Å²) in [7, 11) is 0. The zero-order valence-electron chi connectivity index (χ0n) is 14.7. The number of oxime groups is 1. The van der Waals surface area contributed by atoms with Gasteiger partial charge in [0.05, 0.1) is 5.71 Å². The Balaban J connectivity index is 1.49. The van der Waals surface area contributed by atoms with Gasteiger partial charge in [0.25, 0.3) is 0 Å². The molecule has 4 rings (SSSR count). The van der Waals surface area contributed by atoms with E-state index in [2.05, 4.69) is 22.3 Å². The summed E-state index contributed by atoms with van der Waals surface area (Å²) in [5.41, 5.74) is 2.87. The van der Waals surface area contributed by atoms with Crippen LogP contribution >= 0.6 is 0 Å². The average Bonchev–Trinajstić information content (AvgIpc) is 3.18. The highest BCUT2D eigenvalue weighted by Crippen LogP contribution is 2.33. The van der Waals surface area contributed by atoms with Crippen LogP contribution < -0.4 is 0 Å². The minimum absolute atomic E-state index is 0.0165. The van der Waals surface area contributed by atoms with Gasteiger partial charge < -0.3 is 9.94 Å². The molecule has 6 heteroatoms. The monoisotopic (exact) mass is 370 g/mol. The van der Waals surface area contributed by atoms with Gasteiger partial charge in [0, 0.05) is 0 Å². The normalized spacial score (nSPS) is 22.3. The lowest BCUT2D eigenvalue weighted by Gasteiger charge is -2.23. The van der Waals surface area contributed by atoms with Crippen LogP contribution in [0.5, 0.6) is 0 Å². The zero-order chi connectivity index (χ0) is 18.8. The van der Waals surface area contributed by atoms with Crippen molar-refractivity contribution in [2.75, 3.05) is 6.61 Å². The van der Waals surface area contributed by atoms with Crippen molar-refractivity contribution in [3.05, 3.63) is 70.8 Å². The van der Waals surface area contributed by atoms with E-state index in [0.717, 1.165) is 37.0 Å². The number of ether oxygens (including phenoxy) is 1. The SMILES string of the molecule is ON=C1CCC(c2ccc(C3COC(c4c(F)cccc4F)=N3)cc2)CC1. The summed E-state index contributed by atoms with van der Waals surface area (Å²) in [4.78, 5) is 4.38. The molecule has 1 atom stereocenters. The fraction of sp³-hybridized carbons (Fsp3) is 0.333. The predicted molar refractivity (Wildman–Crippen MR) is 98.5 cm³/mol. The van der Waals surface area contributed by atoms with Crippen LogP contribution in [0.1, 0.15) is 54.3 Å². The van der Waals surface area contributed by atoms with E-state index in [-0.39, 0.29) is 24.1 Å². The summed E-state index contributed by atoms with van der Waals surface area (Å²) in [6.07, 6.45) is 3.59. The number of aliphatic imine (C=N–C) groups is 1. The molecule has 2 aromatic carbocycles. The Morgan fingerprint density at radius 3 is 2.22 bits per heavy atom. The molecule has 27 heavy (non-hydrogen) atoms. The quantitative estimate of drug-likeness (QED) is 0.613. The van der Waals surface area contributed by atoms with Crippen molar-refractivity contribution < 1.29 is 18.7 Å². The Morgan fingerprint density at radius 1 is 0.963 bits per heavy atom. The number of nitrogens with zero attached hydrogens (tertiary/aromatic N) is 2. The third-order valence-corrected chi connectivity index (χ3v) is 5.32. The number of benzene rings is 2. The Labute approximate surface area is 156 Å². The van der Waals surface area contributed by atoms with Gasteiger partial charge in [-0.1, -0.05) is 35.5 Å². The highest BCUT2D eigenvalue weighted by atomic mass is 19.1. The molecule has 2 aromatic rings. The third-order valence-electron chi connectivity index (χ3n) is 5.32. The molecule has 1 unspecified atom stereocenters. The summed E-state index contributed by atoms with van der Waals surface area (Å²) < 4.78 is 33.3. The second-order valence-corrected chi connectivity index (χ2v) is 6.96. The Morgan fingerprint density at radius 2 is 1.59 bits per heavy atom. The van der Waals surface area contributed by atoms with Crippen LogP contribution in [0.3, 0.4) is 0 Å². The van der Waals surface area contributed by atoms with Crippen LogP contribution in [0.25, 0.3) is 0 Å². The largest absolute Gasteiger partial charge is 0.475 e. The molecule has 1 aliphatic carbocycles. The second-order valence-electron chi connectivity index (χ2n) is 6.96. The summed E-state index contributed by atoms with van der Waals surface area (Å²) in [6.45, 7) is 0.266. The highest BCUT2D eigenvalue weighted by Gasteiger charge is 2.26. The van der Waals surface area contributed by atoms with Gasteiger partial charge in [-0.15, -0.1) is 0 Å². The minimum Gasteiger partial charge on any atom is -0.475 e. The van der Waals surface area contributed by atoms with Crippen molar-refractivity contribution >= 4 is 11.6 Å². The van der Waals surface area contributed by atoms with E-state index in [4.69, 9.17) is 9.94 Å². The second kappa shape index (κ2) is 7.47. The summed E-state index contributed by atoms with van der Waals surface area (Å²) in [5.74, 6) is -0.876. The van der Waals surface area contributed by atoms with Crippen molar-refractivity contribution in [2.24, 2.45) is 10.1 Å². The fourth-order valence-electron chi connectivity index (χ4n) is 3.76. The number of rotatable bonds is 3. The molecule has 4 nitrogen and oxygen atoms in total. The number of hydrogen-bond donors (Lipinski definition) is 1. The lowest BCUT2D eigenvalue weighted by molar-refractivity contribution is 0.313. The van der Waals surface area contributed by atoms with Crippen molar-refractivity contribution in [3.8, 4) is 0 Å². The molecule has 1 N–H and O–H groups in total. The van der Waals surface area contributed by atoms with E-state index < -0.39 is 11.6 Å². The van der Waals surface area contributed by atoms with E-state index in [1.807, 2.05) is 12.1 Å². The predicted octanol–water partition coefficient (Wildman–Crippen LogP) is 4.97. The standard InChI is InChI=1S/C21H20F2N2O2/c22-17-2-1-3-18(23)20(17)21-24-19(12-27-21)15-6-4-13(5-7-15)14-8-10-16(25-26)11-9-14/h1-7,14,19,26H,8-12H2. The maximum atomic E-state index is 13.9. The minimum atomic E-state index is -0.673. The first kappa shape index (κ1) is 17.6. The molecular weight excluding hydrogens is 350 g/mol. The van der Waals surface area contributed by atoms with Crippen LogP contribution in [-0.4, -0.2) is 23.4 Å². The van der Waals surface area contributed by atoms with Gasteiger partial charge in [-0.25, -0.2) is 13.8 Å². The van der Waals surface area contributed by atoms with Crippen LogP contribution in [0.2, 0.25) is 0 Å². The van der Waals surface area contributed by atoms with E-state index >= 15 is 0 Å². The molecule has 1 saturated carbocycles. The summed E-state index contributed by atoms with van der Waals surface area (Å²) in [5, 5.41) is 12.2. The van der Waals surface area contributed by atoms with Crippen LogP contribution in [-0.2, 0) is 4.74 Å². The fourth-order valence-corrected chi connectivity index (χ4v) is 3.76. The van der Waals surface area contributed by atoms with E-state index in [1.165, 1.54) is 23.8 Å². The van der Waals surface area contributed by atoms with Gasteiger partial charge in [0.2, 0.25) is 5.90 Å². The maximum Gasteiger partial charge on any atom is 0.222 e. The van der Waals surface area contributed by atoms with E-state index in [0.29, 0.717) is 5.92 Å². The molecule has 0 aromatic heterocycles. The van der Waals surface area contributed by atoms with Crippen LogP contribution in [0, 0.1) is 11.6 Å². The van der Waals surface area contributed by atoms with Gasteiger partial charge in [0.15, 0.2) is 0 Å². The Bertz CT molecular complexity index is 863. The van der Waals surface area contributed by atoms with Gasteiger partial charge in [-0.2, -0.15) is 0 Å². The Kier molecular flexibility index (Phi) is 4.88. The molecule has 1 aliphatic heterocycles. The van der Waals surface area contributed by atoms with Crippen LogP contribution in [0.15, 0.2) is 52.6 Å². The smallest absolute Gasteiger partial charge is 0.222 e. The van der Waals surface area contributed by atoms with Crippen molar-refractivity contribution in [3.63, 3.8) is 0 Å².